The third-order valence-electron chi connectivity index (χ3n) is 8.08. The minimum atomic E-state index is -0.472. The molecular weight excluding hydrogens is 410 g/mol. The first-order valence-electron chi connectivity index (χ1n) is 12.1. The van der Waals surface area contributed by atoms with E-state index in [9.17, 15) is 9.90 Å². The number of aliphatic hydroxyl groups excluding tert-OH is 1. The SMILES string of the molecule is CCCCNc1nc2c(s1)C[C@]1(C)CC[C@@H]([C@H](C)C(=O)N3CCOCC3)[C@H](O)[C@H]1[C@@H]2C. The maximum atomic E-state index is 13.1. The summed E-state index contributed by atoms with van der Waals surface area (Å²) in [5.41, 5.74) is 1.23. The summed E-state index contributed by atoms with van der Waals surface area (Å²) in [6.45, 7) is 12.3. The van der Waals surface area contributed by atoms with Crippen LogP contribution in [0.2, 0.25) is 0 Å². The van der Waals surface area contributed by atoms with E-state index >= 15 is 0 Å². The lowest BCUT2D eigenvalue weighted by Crippen LogP contribution is -2.54. The number of anilines is 1. The minimum absolute atomic E-state index is 0.0122. The van der Waals surface area contributed by atoms with Gasteiger partial charge in [0.15, 0.2) is 5.13 Å². The molecule has 1 amide bonds. The summed E-state index contributed by atoms with van der Waals surface area (Å²) in [7, 11) is 0. The molecule has 6 nitrogen and oxygen atoms in total. The molecule has 1 aromatic rings. The summed E-state index contributed by atoms with van der Waals surface area (Å²) >= 11 is 1.80. The molecule has 1 saturated carbocycles. The van der Waals surface area contributed by atoms with Gasteiger partial charge in [-0.05, 0) is 42.9 Å². The van der Waals surface area contributed by atoms with Gasteiger partial charge >= 0.3 is 0 Å². The highest BCUT2D eigenvalue weighted by Gasteiger charge is 2.54. The van der Waals surface area contributed by atoms with Crippen molar-refractivity contribution in [2.45, 2.75) is 71.8 Å². The molecule has 31 heavy (non-hydrogen) atoms. The smallest absolute Gasteiger partial charge is 0.225 e. The van der Waals surface area contributed by atoms with E-state index in [2.05, 4.69) is 26.1 Å². The number of carbonyl (C=O) groups is 1. The van der Waals surface area contributed by atoms with Crippen molar-refractivity contribution in [3.8, 4) is 0 Å². The number of morpholine rings is 1. The molecule has 1 aliphatic heterocycles. The van der Waals surface area contributed by atoms with Gasteiger partial charge in [-0.1, -0.05) is 34.1 Å². The second kappa shape index (κ2) is 9.36. The van der Waals surface area contributed by atoms with Crippen molar-refractivity contribution in [1.82, 2.24) is 9.88 Å². The zero-order chi connectivity index (χ0) is 22.2. The number of unbranched alkanes of at least 4 members (excludes halogenated alkanes) is 1. The summed E-state index contributed by atoms with van der Waals surface area (Å²) in [6.07, 6.45) is 4.80. The largest absolute Gasteiger partial charge is 0.392 e. The van der Waals surface area contributed by atoms with Crippen LogP contribution in [0.25, 0.3) is 0 Å². The van der Waals surface area contributed by atoms with E-state index in [-0.39, 0.29) is 35.0 Å². The molecule has 174 valence electrons. The van der Waals surface area contributed by atoms with Crippen LogP contribution in [0.3, 0.4) is 0 Å². The standard InChI is InChI=1S/C24H39N3O3S/c1-5-6-9-25-23-26-20-16(3)19-21(28)17(7-8-24(19,4)14-18(20)31-23)15(2)22(29)27-10-12-30-13-11-27/h15-17,19,21,28H,5-14H2,1-4H3,(H,25,26)/t15-,16-,17-,19+,21-,24-/m0/s1. The average Bonchev–Trinajstić information content (AvgIpc) is 3.16. The van der Waals surface area contributed by atoms with Crippen LogP contribution < -0.4 is 5.32 Å². The first kappa shape index (κ1) is 23.0. The minimum Gasteiger partial charge on any atom is -0.392 e. The van der Waals surface area contributed by atoms with Gasteiger partial charge in [0.2, 0.25) is 5.91 Å². The van der Waals surface area contributed by atoms with E-state index < -0.39 is 6.10 Å². The van der Waals surface area contributed by atoms with Crippen molar-refractivity contribution in [1.29, 1.82) is 0 Å². The highest BCUT2D eigenvalue weighted by Crippen LogP contribution is 2.57. The topological polar surface area (TPSA) is 74.7 Å². The van der Waals surface area contributed by atoms with E-state index in [0.717, 1.165) is 37.4 Å². The van der Waals surface area contributed by atoms with Crippen LogP contribution >= 0.6 is 11.3 Å². The second-order valence-electron chi connectivity index (χ2n) is 10.2. The summed E-state index contributed by atoms with van der Waals surface area (Å²) in [4.78, 5) is 21.4. The molecule has 0 unspecified atom stereocenters. The van der Waals surface area contributed by atoms with Crippen LogP contribution in [0, 0.1) is 23.2 Å². The van der Waals surface area contributed by atoms with Crippen molar-refractivity contribution in [3.05, 3.63) is 10.6 Å². The van der Waals surface area contributed by atoms with Crippen LogP contribution in [0.15, 0.2) is 0 Å². The average molecular weight is 450 g/mol. The van der Waals surface area contributed by atoms with Gasteiger partial charge in [-0.25, -0.2) is 4.98 Å². The molecule has 6 atom stereocenters. The number of thiazole rings is 1. The maximum absolute atomic E-state index is 13.1. The zero-order valence-electron chi connectivity index (χ0n) is 19.5. The Balaban J connectivity index is 1.51. The van der Waals surface area contributed by atoms with Gasteiger partial charge < -0.3 is 20.1 Å². The Kier molecular flexibility index (Phi) is 6.94. The summed E-state index contributed by atoms with van der Waals surface area (Å²) < 4.78 is 5.41. The van der Waals surface area contributed by atoms with E-state index in [0.29, 0.717) is 26.3 Å². The van der Waals surface area contributed by atoms with E-state index in [1.807, 2.05) is 11.8 Å². The summed E-state index contributed by atoms with van der Waals surface area (Å²) in [6, 6.07) is 0. The summed E-state index contributed by atoms with van der Waals surface area (Å²) in [5.74, 6) is 0.377. The normalized spacial score (nSPS) is 34.0. The number of hydrogen-bond acceptors (Lipinski definition) is 6. The van der Waals surface area contributed by atoms with Crippen molar-refractivity contribution in [2.24, 2.45) is 23.2 Å². The number of ether oxygens (including phenoxy) is 1. The Morgan fingerprint density at radius 2 is 2.16 bits per heavy atom. The lowest BCUT2D eigenvalue weighted by Gasteiger charge is -2.53. The molecule has 2 heterocycles. The quantitative estimate of drug-likeness (QED) is 0.644. The number of amides is 1. The van der Waals surface area contributed by atoms with Gasteiger partial charge in [-0.2, -0.15) is 0 Å². The Hall–Kier alpha value is -1.18. The Morgan fingerprint density at radius 1 is 1.42 bits per heavy atom. The molecule has 1 saturated heterocycles. The van der Waals surface area contributed by atoms with Gasteiger partial charge in [0, 0.05) is 36.3 Å². The van der Waals surface area contributed by atoms with Crippen LogP contribution in [0.5, 0.6) is 0 Å². The molecular formula is C24H39N3O3S. The van der Waals surface area contributed by atoms with Gasteiger partial charge in [-0.15, -0.1) is 11.3 Å². The molecule has 0 spiro atoms. The lowest BCUT2D eigenvalue weighted by molar-refractivity contribution is -0.148. The number of carbonyl (C=O) groups excluding carboxylic acids is 1. The molecule has 3 aliphatic rings. The first-order valence-corrected chi connectivity index (χ1v) is 13.0. The van der Waals surface area contributed by atoms with Crippen LogP contribution in [0.1, 0.15) is 69.9 Å². The molecule has 2 fully saturated rings. The fourth-order valence-electron chi connectivity index (χ4n) is 6.25. The van der Waals surface area contributed by atoms with Crippen molar-refractivity contribution >= 4 is 22.4 Å². The maximum Gasteiger partial charge on any atom is 0.225 e. The fourth-order valence-corrected chi connectivity index (χ4v) is 7.54. The van der Waals surface area contributed by atoms with Gasteiger partial charge in [0.1, 0.15) is 0 Å². The molecule has 1 aromatic heterocycles. The number of hydrogen-bond donors (Lipinski definition) is 2. The lowest BCUT2D eigenvalue weighted by atomic mass is 9.53. The van der Waals surface area contributed by atoms with Crippen molar-refractivity contribution in [2.75, 3.05) is 38.2 Å². The zero-order valence-corrected chi connectivity index (χ0v) is 20.3. The Bertz CT molecular complexity index is 778. The third kappa shape index (κ3) is 4.38. The Labute approximate surface area is 190 Å². The molecule has 7 heteroatoms. The van der Waals surface area contributed by atoms with Crippen LogP contribution in [-0.4, -0.2) is 59.8 Å². The third-order valence-corrected chi connectivity index (χ3v) is 9.11. The van der Waals surface area contributed by atoms with E-state index in [1.54, 1.807) is 11.3 Å². The molecule has 0 aromatic carbocycles. The monoisotopic (exact) mass is 449 g/mol. The highest BCUT2D eigenvalue weighted by molar-refractivity contribution is 7.15. The predicted octanol–water partition coefficient (Wildman–Crippen LogP) is 3.90. The summed E-state index contributed by atoms with van der Waals surface area (Å²) in [5, 5.41) is 16.1. The van der Waals surface area contributed by atoms with Crippen LogP contribution in [0.4, 0.5) is 5.13 Å². The molecule has 0 bridgehead atoms. The fraction of sp³-hybridized carbons (Fsp3) is 0.833. The van der Waals surface area contributed by atoms with Crippen molar-refractivity contribution in [3.63, 3.8) is 0 Å². The Morgan fingerprint density at radius 3 is 2.87 bits per heavy atom. The predicted molar refractivity (Wildman–Crippen MR) is 125 cm³/mol. The van der Waals surface area contributed by atoms with Gasteiger partial charge in [0.05, 0.1) is 25.0 Å². The first-order chi connectivity index (χ1) is 14.9. The molecule has 4 rings (SSSR count). The number of aromatic nitrogens is 1. The number of rotatable bonds is 6. The second-order valence-corrected chi connectivity index (χ2v) is 11.3. The number of fused-ring (bicyclic) bond motifs is 2. The van der Waals surface area contributed by atoms with E-state index in [4.69, 9.17) is 9.72 Å². The van der Waals surface area contributed by atoms with Gasteiger partial charge in [-0.3, -0.25) is 4.79 Å². The molecule has 2 N–H and O–H groups in total. The van der Waals surface area contributed by atoms with Crippen molar-refractivity contribution < 1.29 is 14.6 Å². The van der Waals surface area contributed by atoms with Crippen LogP contribution in [-0.2, 0) is 16.0 Å². The number of nitrogens with zero attached hydrogens (tertiary/aromatic N) is 2. The number of aliphatic hydroxyl groups is 1. The van der Waals surface area contributed by atoms with E-state index in [1.165, 1.54) is 17.0 Å². The molecule has 2 aliphatic carbocycles. The number of nitrogens with one attached hydrogen (secondary N) is 1. The molecule has 0 radical (unpaired) electrons. The highest BCUT2D eigenvalue weighted by atomic mass is 32.1. The van der Waals surface area contributed by atoms with Gasteiger partial charge in [0.25, 0.3) is 0 Å².